The van der Waals surface area contributed by atoms with Gasteiger partial charge in [0.25, 0.3) is 5.91 Å². The van der Waals surface area contributed by atoms with E-state index in [2.05, 4.69) is 15.9 Å². The van der Waals surface area contributed by atoms with Gasteiger partial charge in [0, 0.05) is 29.7 Å². The van der Waals surface area contributed by atoms with Gasteiger partial charge in [-0.15, -0.1) is 0 Å². The molecule has 0 radical (unpaired) electrons. The third kappa shape index (κ3) is 4.83. The topological polar surface area (TPSA) is 38.8 Å². The van der Waals surface area contributed by atoms with Crippen LogP contribution in [0.15, 0.2) is 53.0 Å². The van der Waals surface area contributed by atoms with Crippen molar-refractivity contribution in [1.29, 1.82) is 0 Å². The smallest absolute Gasteiger partial charge is 0.254 e. The Kier molecular flexibility index (Phi) is 6.10. The number of nitrogens with zero attached hydrogens (tertiary/aromatic N) is 1. The van der Waals surface area contributed by atoms with Crippen molar-refractivity contribution in [3.63, 3.8) is 0 Å². The van der Waals surface area contributed by atoms with Crippen LogP contribution < -0.4 is 4.74 Å². The average Bonchev–Trinajstić information content (AvgIpc) is 3.14. The predicted molar refractivity (Wildman–Crippen MR) is 101 cm³/mol. The molecule has 1 saturated heterocycles. The summed E-state index contributed by atoms with van der Waals surface area (Å²) < 4.78 is 12.0. The molecule has 4 nitrogen and oxygen atoms in total. The summed E-state index contributed by atoms with van der Waals surface area (Å²) in [5.74, 6) is 0.816. The summed E-state index contributed by atoms with van der Waals surface area (Å²) in [7, 11) is 1.65. The number of hydrogen-bond donors (Lipinski definition) is 0. The van der Waals surface area contributed by atoms with Crippen molar-refractivity contribution in [3.8, 4) is 5.75 Å². The number of ether oxygens (including phenoxy) is 2. The lowest BCUT2D eigenvalue weighted by molar-refractivity contribution is 0.0507. The van der Waals surface area contributed by atoms with Crippen LogP contribution >= 0.6 is 15.9 Å². The van der Waals surface area contributed by atoms with Crippen molar-refractivity contribution in [2.45, 2.75) is 25.5 Å². The summed E-state index contributed by atoms with van der Waals surface area (Å²) in [4.78, 5) is 14.9. The van der Waals surface area contributed by atoms with Crippen LogP contribution in [-0.4, -0.2) is 37.2 Å². The molecule has 1 aliphatic rings. The molecule has 0 N–H and O–H groups in total. The van der Waals surface area contributed by atoms with Crippen LogP contribution in [0, 0.1) is 0 Å². The number of carbonyl (C=O) groups excluding carboxylic acids is 1. The molecule has 132 valence electrons. The van der Waals surface area contributed by atoms with E-state index in [1.165, 1.54) is 0 Å². The van der Waals surface area contributed by atoms with E-state index >= 15 is 0 Å². The van der Waals surface area contributed by atoms with E-state index in [-0.39, 0.29) is 12.0 Å². The van der Waals surface area contributed by atoms with E-state index in [1.54, 1.807) is 7.11 Å². The molecule has 1 aliphatic heterocycles. The van der Waals surface area contributed by atoms with Crippen LogP contribution in [0.25, 0.3) is 0 Å². The number of amides is 1. The molecule has 1 fully saturated rings. The lowest BCUT2D eigenvalue weighted by atomic mass is 10.1. The molecule has 0 aromatic heterocycles. The quantitative estimate of drug-likeness (QED) is 0.722. The third-order valence-corrected chi connectivity index (χ3v) is 4.86. The average molecular weight is 404 g/mol. The normalized spacial score (nSPS) is 16.6. The van der Waals surface area contributed by atoms with Crippen LogP contribution in [0.1, 0.15) is 28.8 Å². The van der Waals surface area contributed by atoms with Crippen molar-refractivity contribution in [2.75, 3.05) is 20.3 Å². The van der Waals surface area contributed by atoms with E-state index in [4.69, 9.17) is 9.47 Å². The molecule has 0 spiro atoms. The SMILES string of the molecule is COc1cccc(CN(CC2CCCO2)C(=O)c2ccc(Br)cc2)c1. The molecule has 0 aliphatic carbocycles. The summed E-state index contributed by atoms with van der Waals surface area (Å²) in [5, 5.41) is 0. The molecule has 1 atom stereocenters. The molecule has 5 heteroatoms. The number of hydrogen-bond acceptors (Lipinski definition) is 3. The number of rotatable bonds is 6. The Bertz CT molecular complexity index is 711. The van der Waals surface area contributed by atoms with E-state index in [0.717, 1.165) is 35.2 Å². The van der Waals surface area contributed by atoms with Crippen molar-refractivity contribution in [1.82, 2.24) is 4.90 Å². The molecule has 1 heterocycles. The first-order chi connectivity index (χ1) is 12.2. The van der Waals surface area contributed by atoms with Crippen LogP contribution in [0.4, 0.5) is 0 Å². The van der Waals surface area contributed by atoms with E-state index < -0.39 is 0 Å². The fourth-order valence-corrected chi connectivity index (χ4v) is 3.28. The Hall–Kier alpha value is -1.85. The maximum absolute atomic E-state index is 13.0. The third-order valence-electron chi connectivity index (χ3n) is 4.33. The zero-order valence-electron chi connectivity index (χ0n) is 14.3. The van der Waals surface area contributed by atoms with Gasteiger partial charge in [-0.1, -0.05) is 28.1 Å². The van der Waals surface area contributed by atoms with Gasteiger partial charge < -0.3 is 14.4 Å². The summed E-state index contributed by atoms with van der Waals surface area (Å²) in [6.07, 6.45) is 2.18. The van der Waals surface area contributed by atoms with Gasteiger partial charge in [-0.25, -0.2) is 0 Å². The Morgan fingerprint density at radius 2 is 2.08 bits per heavy atom. The first-order valence-electron chi connectivity index (χ1n) is 8.45. The highest BCUT2D eigenvalue weighted by Gasteiger charge is 2.23. The Morgan fingerprint density at radius 1 is 1.28 bits per heavy atom. The maximum Gasteiger partial charge on any atom is 0.254 e. The number of benzene rings is 2. The molecule has 25 heavy (non-hydrogen) atoms. The molecule has 1 unspecified atom stereocenters. The molecule has 2 aromatic carbocycles. The van der Waals surface area contributed by atoms with Gasteiger partial charge in [0.1, 0.15) is 5.75 Å². The Morgan fingerprint density at radius 3 is 2.76 bits per heavy atom. The van der Waals surface area contributed by atoms with Gasteiger partial charge in [0.2, 0.25) is 0 Å². The number of carbonyl (C=O) groups is 1. The zero-order valence-corrected chi connectivity index (χ0v) is 15.9. The zero-order chi connectivity index (χ0) is 17.6. The van der Waals surface area contributed by atoms with Crippen LogP contribution in [0.3, 0.4) is 0 Å². The van der Waals surface area contributed by atoms with Crippen LogP contribution in [-0.2, 0) is 11.3 Å². The second kappa shape index (κ2) is 8.50. The van der Waals surface area contributed by atoms with Crippen molar-refractivity contribution in [2.24, 2.45) is 0 Å². The van der Waals surface area contributed by atoms with Gasteiger partial charge in [0.15, 0.2) is 0 Å². The monoisotopic (exact) mass is 403 g/mol. The number of halogens is 1. The minimum atomic E-state index is 0.0193. The van der Waals surface area contributed by atoms with Crippen molar-refractivity contribution in [3.05, 3.63) is 64.1 Å². The fraction of sp³-hybridized carbons (Fsp3) is 0.350. The molecule has 1 amide bonds. The lowest BCUT2D eigenvalue weighted by Gasteiger charge is -2.26. The highest BCUT2D eigenvalue weighted by atomic mass is 79.9. The maximum atomic E-state index is 13.0. The van der Waals surface area contributed by atoms with Gasteiger partial charge in [-0.3, -0.25) is 4.79 Å². The molecular weight excluding hydrogens is 382 g/mol. The second-order valence-corrected chi connectivity index (χ2v) is 7.09. The summed E-state index contributed by atoms with van der Waals surface area (Å²) in [6, 6.07) is 15.3. The molecular formula is C20H22BrNO3. The van der Waals surface area contributed by atoms with Gasteiger partial charge >= 0.3 is 0 Å². The highest BCUT2D eigenvalue weighted by molar-refractivity contribution is 9.10. The van der Waals surface area contributed by atoms with Crippen molar-refractivity contribution >= 4 is 21.8 Å². The summed E-state index contributed by atoms with van der Waals surface area (Å²) in [5.41, 5.74) is 1.73. The number of methoxy groups -OCH3 is 1. The van der Waals surface area contributed by atoms with Crippen LogP contribution in [0.5, 0.6) is 5.75 Å². The van der Waals surface area contributed by atoms with Crippen LogP contribution in [0.2, 0.25) is 0 Å². The molecule has 0 bridgehead atoms. The second-order valence-electron chi connectivity index (χ2n) is 6.18. The first kappa shape index (κ1) is 18.0. The van der Waals surface area contributed by atoms with E-state index in [0.29, 0.717) is 18.7 Å². The fourth-order valence-electron chi connectivity index (χ4n) is 3.02. The molecule has 0 saturated carbocycles. The van der Waals surface area contributed by atoms with E-state index in [9.17, 15) is 4.79 Å². The molecule has 2 aromatic rings. The van der Waals surface area contributed by atoms with Crippen molar-refractivity contribution < 1.29 is 14.3 Å². The van der Waals surface area contributed by atoms with Gasteiger partial charge in [0.05, 0.1) is 13.2 Å². The highest BCUT2D eigenvalue weighted by Crippen LogP contribution is 2.20. The minimum absolute atomic E-state index is 0.0193. The minimum Gasteiger partial charge on any atom is -0.497 e. The summed E-state index contributed by atoms with van der Waals surface area (Å²) >= 11 is 3.41. The largest absolute Gasteiger partial charge is 0.497 e. The van der Waals surface area contributed by atoms with Gasteiger partial charge in [-0.2, -0.15) is 0 Å². The standard InChI is InChI=1S/C20H22BrNO3/c1-24-18-5-2-4-15(12-18)13-22(14-19-6-3-11-25-19)20(23)16-7-9-17(21)10-8-16/h2,4-5,7-10,12,19H,3,6,11,13-14H2,1H3. The summed E-state index contributed by atoms with van der Waals surface area (Å²) in [6.45, 7) is 1.92. The Balaban J connectivity index is 1.80. The Labute approximate surface area is 156 Å². The van der Waals surface area contributed by atoms with Gasteiger partial charge in [-0.05, 0) is 54.8 Å². The lowest BCUT2D eigenvalue weighted by Crippen LogP contribution is -2.37. The molecule has 3 rings (SSSR count). The first-order valence-corrected chi connectivity index (χ1v) is 9.24. The van der Waals surface area contributed by atoms with E-state index in [1.807, 2.05) is 53.4 Å². The predicted octanol–water partition coefficient (Wildman–Crippen LogP) is 4.28.